The Morgan fingerprint density at radius 1 is 0.786 bits per heavy atom. The van der Waals surface area contributed by atoms with E-state index in [1.165, 1.54) is 16.7 Å². The highest BCUT2D eigenvalue weighted by Gasteiger charge is 2.06. The molecule has 28 heavy (non-hydrogen) atoms. The van der Waals surface area contributed by atoms with Crippen LogP contribution in [0.25, 0.3) is 0 Å². The third kappa shape index (κ3) is 6.71. The normalized spacial score (nSPS) is 10.8. The van der Waals surface area contributed by atoms with Gasteiger partial charge in [0.15, 0.2) is 0 Å². The van der Waals surface area contributed by atoms with Crippen LogP contribution in [0.4, 0.5) is 0 Å². The first-order chi connectivity index (χ1) is 13.8. The van der Waals surface area contributed by atoms with Crippen LogP contribution in [0.15, 0.2) is 97.6 Å². The molecule has 0 fully saturated rings. The highest BCUT2D eigenvalue weighted by atomic mass is 16.5. The lowest BCUT2D eigenvalue weighted by atomic mass is 10.1. The minimum Gasteiger partial charge on any atom is -0.489 e. The van der Waals surface area contributed by atoms with Crippen molar-refractivity contribution >= 4 is 0 Å². The van der Waals surface area contributed by atoms with Gasteiger partial charge in [-0.05, 0) is 48.2 Å². The minimum absolute atomic E-state index is 0.595. The SMILES string of the molecule is C=CCN(CCCc1ccccc1)Cc1cccc(OCc2ccccc2)c1. The summed E-state index contributed by atoms with van der Waals surface area (Å²) in [4.78, 5) is 2.44. The molecule has 0 N–H and O–H groups in total. The second kappa shape index (κ2) is 11.1. The maximum absolute atomic E-state index is 5.97. The number of hydrogen-bond donors (Lipinski definition) is 0. The van der Waals surface area contributed by atoms with E-state index in [-0.39, 0.29) is 0 Å². The summed E-state index contributed by atoms with van der Waals surface area (Å²) in [5, 5.41) is 0. The van der Waals surface area contributed by atoms with Crippen LogP contribution in [0.3, 0.4) is 0 Å². The Bertz CT molecular complexity index is 829. The second-order valence-electron chi connectivity index (χ2n) is 7.03. The summed E-state index contributed by atoms with van der Waals surface area (Å²) in [6, 6.07) is 29.4. The molecule has 0 saturated carbocycles. The predicted octanol–water partition coefficient (Wildman–Crippen LogP) is 5.89. The molecule has 0 aliphatic rings. The highest BCUT2D eigenvalue weighted by molar-refractivity contribution is 5.29. The van der Waals surface area contributed by atoms with Crippen LogP contribution in [0.2, 0.25) is 0 Å². The van der Waals surface area contributed by atoms with E-state index in [1.807, 2.05) is 30.3 Å². The third-order valence-electron chi connectivity index (χ3n) is 4.72. The number of hydrogen-bond acceptors (Lipinski definition) is 2. The molecular formula is C26H29NO. The number of benzene rings is 3. The molecule has 2 heteroatoms. The lowest BCUT2D eigenvalue weighted by molar-refractivity contribution is 0.287. The smallest absolute Gasteiger partial charge is 0.120 e. The highest BCUT2D eigenvalue weighted by Crippen LogP contribution is 2.17. The number of rotatable bonds is 11. The van der Waals surface area contributed by atoms with E-state index in [1.54, 1.807) is 0 Å². The van der Waals surface area contributed by atoms with E-state index < -0.39 is 0 Å². The van der Waals surface area contributed by atoms with Crippen LogP contribution >= 0.6 is 0 Å². The van der Waals surface area contributed by atoms with Crippen molar-refractivity contribution < 1.29 is 4.74 Å². The Hall–Kier alpha value is -2.84. The van der Waals surface area contributed by atoms with Gasteiger partial charge < -0.3 is 4.74 Å². The van der Waals surface area contributed by atoms with E-state index in [4.69, 9.17) is 4.74 Å². The summed E-state index contributed by atoms with van der Waals surface area (Å²) < 4.78 is 5.97. The van der Waals surface area contributed by atoms with Crippen molar-refractivity contribution in [2.75, 3.05) is 13.1 Å². The molecule has 3 aromatic rings. The van der Waals surface area contributed by atoms with Gasteiger partial charge in [-0.2, -0.15) is 0 Å². The van der Waals surface area contributed by atoms with Gasteiger partial charge in [0.05, 0.1) is 0 Å². The average molecular weight is 372 g/mol. The first-order valence-corrected chi connectivity index (χ1v) is 9.96. The molecule has 0 spiro atoms. The van der Waals surface area contributed by atoms with Gasteiger partial charge in [0.1, 0.15) is 12.4 Å². The van der Waals surface area contributed by atoms with Crippen molar-refractivity contribution in [2.24, 2.45) is 0 Å². The Morgan fingerprint density at radius 3 is 2.18 bits per heavy atom. The zero-order valence-electron chi connectivity index (χ0n) is 16.5. The summed E-state index contributed by atoms with van der Waals surface area (Å²) in [7, 11) is 0. The van der Waals surface area contributed by atoms with Crippen LogP contribution in [0.5, 0.6) is 5.75 Å². The Kier molecular flexibility index (Phi) is 7.90. The monoisotopic (exact) mass is 371 g/mol. The van der Waals surface area contributed by atoms with Crippen molar-refractivity contribution in [3.63, 3.8) is 0 Å². The molecule has 144 valence electrons. The fraction of sp³-hybridized carbons (Fsp3) is 0.231. The van der Waals surface area contributed by atoms with Gasteiger partial charge in [0.25, 0.3) is 0 Å². The first kappa shape index (κ1) is 19.9. The molecular weight excluding hydrogens is 342 g/mol. The molecule has 0 heterocycles. The fourth-order valence-corrected chi connectivity index (χ4v) is 3.30. The minimum atomic E-state index is 0.595. The molecule has 0 aromatic heterocycles. The lowest BCUT2D eigenvalue weighted by Crippen LogP contribution is -2.25. The van der Waals surface area contributed by atoms with Gasteiger partial charge in [0, 0.05) is 13.1 Å². The molecule has 0 saturated heterocycles. The zero-order valence-corrected chi connectivity index (χ0v) is 16.5. The van der Waals surface area contributed by atoms with Crippen molar-refractivity contribution in [1.82, 2.24) is 4.90 Å². The second-order valence-corrected chi connectivity index (χ2v) is 7.03. The quantitative estimate of drug-likeness (QED) is 0.390. The van der Waals surface area contributed by atoms with Crippen molar-refractivity contribution in [3.05, 3.63) is 114 Å². The molecule has 0 atom stereocenters. The summed E-state index contributed by atoms with van der Waals surface area (Å²) >= 11 is 0. The van der Waals surface area contributed by atoms with E-state index in [0.29, 0.717) is 6.61 Å². The number of nitrogens with zero attached hydrogens (tertiary/aromatic N) is 1. The molecule has 0 bridgehead atoms. The molecule has 0 aliphatic heterocycles. The average Bonchev–Trinajstić information content (AvgIpc) is 2.74. The summed E-state index contributed by atoms with van der Waals surface area (Å²) in [5.41, 5.74) is 3.85. The molecule has 3 rings (SSSR count). The third-order valence-corrected chi connectivity index (χ3v) is 4.72. The zero-order chi connectivity index (χ0) is 19.4. The Labute approximate surface area is 169 Å². The molecule has 3 aromatic carbocycles. The van der Waals surface area contributed by atoms with Crippen LogP contribution in [0.1, 0.15) is 23.1 Å². The van der Waals surface area contributed by atoms with Crippen LogP contribution < -0.4 is 4.74 Å². The largest absolute Gasteiger partial charge is 0.489 e. The molecule has 0 unspecified atom stereocenters. The molecule has 2 nitrogen and oxygen atoms in total. The van der Waals surface area contributed by atoms with E-state index in [2.05, 4.69) is 72.1 Å². The van der Waals surface area contributed by atoms with Crippen LogP contribution in [0, 0.1) is 0 Å². The summed E-state index contributed by atoms with van der Waals surface area (Å²) in [6.07, 6.45) is 4.23. The van der Waals surface area contributed by atoms with Gasteiger partial charge in [0.2, 0.25) is 0 Å². The Morgan fingerprint density at radius 2 is 1.46 bits per heavy atom. The van der Waals surface area contributed by atoms with Gasteiger partial charge in [-0.15, -0.1) is 6.58 Å². The van der Waals surface area contributed by atoms with E-state index in [0.717, 1.165) is 38.2 Å². The topological polar surface area (TPSA) is 12.5 Å². The number of aryl methyl sites for hydroxylation is 1. The van der Waals surface area contributed by atoms with Gasteiger partial charge in [-0.25, -0.2) is 0 Å². The summed E-state index contributed by atoms with van der Waals surface area (Å²) in [6.45, 7) is 7.37. The van der Waals surface area contributed by atoms with Gasteiger partial charge in [-0.3, -0.25) is 4.90 Å². The molecule has 0 radical (unpaired) electrons. The predicted molar refractivity (Wildman–Crippen MR) is 117 cm³/mol. The first-order valence-electron chi connectivity index (χ1n) is 9.96. The van der Waals surface area contributed by atoms with Crippen molar-refractivity contribution in [2.45, 2.75) is 26.0 Å². The summed E-state index contributed by atoms with van der Waals surface area (Å²) in [5.74, 6) is 0.921. The van der Waals surface area contributed by atoms with Crippen LogP contribution in [-0.4, -0.2) is 18.0 Å². The van der Waals surface area contributed by atoms with E-state index >= 15 is 0 Å². The van der Waals surface area contributed by atoms with E-state index in [9.17, 15) is 0 Å². The van der Waals surface area contributed by atoms with Crippen LogP contribution in [-0.2, 0) is 19.6 Å². The fourth-order valence-electron chi connectivity index (χ4n) is 3.30. The molecule has 0 amide bonds. The standard InChI is InChI=1S/C26H29NO/c1-2-18-27(19-10-16-23-11-5-3-6-12-23)21-25-15-9-17-26(20-25)28-22-24-13-7-4-8-14-24/h2-9,11-15,17,20H,1,10,16,18-19,21-22H2. The lowest BCUT2D eigenvalue weighted by Gasteiger charge is -2.21. The van der Waals surface area contributed by atoms with Gasteiger partial charge in [-0.1, -0.05) is 78.9 Å². The van der Waals surface area contributed by atoms with Crippen molar-refractivity contribution in [3.8, 4) is 5.75 Å². The Balaban J connectivity index is 1.52. The maximum Gasteiger partial charge on any atom is 0.120 e. The number of ether oxygens (including phenoxy) is 1. The molecule has 0 aliphatic carbocycles. The maximum atomic E-state index is 5.97. The van der Waals surface area contributed by atoms with Gasteiger partial charge >= 0.3 is 0 Å². The van der Waals surface area contributed by atoms with Crippen molar-refractivity contribution in [1.29, 1.82) is 0 Å².